The summed E-state index contributed by atoms with van der Waals surface area (Å²) >= 11 is 0. The first-order chi connectivity index (χ1) is 14.1. The van der Waals surface area contributed by atoms with Crippen LogP contribution in [0.5, 0.6) is 0 Å². The van der Waals surface area contributed by atoms with Gasteiger partial charge in [-0.3, -0.25) is 4.79 Å². The standard InChI is InChI=1S/C23H28N4O2.2ClH/c1-2-29-16-20-10-8-18(9-11-20)13-25-23(28)22(24)12-21-15-27(17-26-21)14-19-6-4-3-5-7-19;;/h3-11,15,17,22H,2,12-14,16,24H2,1H3,(H,25,28);2*1H/t22-;;/m0../s1. The van der Waals surface area contributed by atoms with E-state index in [2.05, 4.69) is 22.4 Å². The van der Waals surface area contributed by atoms with Gasteiger partial charge in [0.05, 0.1) is 24.7 Å². The molecule has 0 unspecified atom stereocenters. The van der Waals surface area contributed by atoms with Gasteiger partial charge in [-0.15, -0.1) is 24.8 Å². The van der Waals surface area contributed by atoms with E-state index in [1.54, 1.807) is 6.33 Å². The predicted molar refractivity (Wildman–Crippen MR) is 128 cm³/mol. The van der Waals surface area contributed by atoms with Crippen molar-refractivity contribution in [3.63, 3.8) is 0 Å². The molecule has 1 heterocycles. The molecule has 1 aromatic heterocycles. The molecule has 3 rings (SSSR count). The quantitative estimate of drug-likeness (QED) is 0.480. The number of carbonyl (C=O) groups excluding carboxylic acids is 1. The number of imidazole rings is 1. The van der Waals surface area contributed by atoms with Gasteiger partial charge < -0.3 is 20.4 Å². The molecule has 0 aliphatic carbocycles. The van der Waals surface area contributed by atoms with Gasteiger partial charge in [-0.1, -0.05) is 54.6 Å². The van der Waals surface area contributed by atoms with E-state index in [9.17, 15) is 4.79 Å². The molecule has 0 radical (unpaired) electrons. The molecule has 31 heavy (non-hydrogen) atoms. The van der Waals surface area contributed by atoms with Crippen LogP contribution in [0, 0.1) is 0 Å². The minimum atomic E-state index is -0.632. The fraction of sp³-hybridized carbons (Fsp3) is 0.304. The van der Waals surface area contributed by atoms with Crippen LogP contribution in [0.2, 0.25) is 0 Å². The second kappa shape index (κ2) is 13.8. The van der Waals surface area contributed by atoms with Gasteiger partial charge in [0.1, 0.15) is 0 Å². The molecule has 8 heteroatoms. The minimum absolute atomic E-state index is 0. The van der Waals surface area contributed by atoms with E-state index in [4.69, 9.17) is 10.5 Å². The van der Waals surface area contributed by atoms with E-state index in [1.165, 1.54) is 5.56 Å². The fourth-order valence-electron chi connectivity index (χ4n) is 3.00. The number of rotatable bonds is 10. The SMILES string of the molecule is CCOCc1ccc(CNC(=O)[C@@H](N)Cc2cn(Cc3ccccc3)cn2)cc1.Cl.Cl. The molecule has 0 aliphatic rings. The average Bonchev–Trinajstić information content (AvgIpc) is 3.18. The second-order valence-corrected chi connectivity index (χ2v) is 7.00. The summed E-state index contributed by atoms with van der Waals surface area (Å²) in [6.07, 6.45) is 4.12. The molecule has 168 valence electrons. The topological polar surface area (TPSA) is 82.2 Å². The molecule has 0 aliphatic heterocycles. The number of hydrogen-bond donors (Lipinski definition) is 2. The van der Waals surface area contributed by atoms with Crippen molar-refractivity contribution in [3.8, 4) is 0 Å². The van der Waals surface area contributed by atoms with Gasteiger partial charge >= 0.3 is 0 Å². The van der Waals surface area contributed by atoms with E-state index in [-0.39, 0.29) is 30.7 Å². The molecule has 0 saturated carbocycles. The van der Waals surface area contributed by atoms with Crippen molar-refractivity contribution in [1.82, 2.24) is 14.9 Å². The Hall–Kier alpha value is -2.38. The van der Waals surface area contributed by atoms with Crippen LogP contribution < -0.4 is 11.1 Å². The number of amides is 1. The number of hydrogen-bond acceptors (Lipinski definition) is 4. The molecule has 2 aromatic carbocycles. The average molecular weight is 465 g/mol. The zero-order valence-corrected chi connectivity index (χ0v) is 19.2. The molecule has 0 saturated heterocycles. The number of benzene rings is 2. The number of carbonyl (C=O) groups is 1. The van der Waals surface area contributed by atoms with E-state index in [0.29, 0.717) is 26.2 Å². The monoisotopic (exact) mass is 464 g/mol. The van der Waals surface area contributed by atoms with Crippen molar-refractivity contribution in [2.45, 2.75) is 39.1 Å². The first-order valence-corrected chi connectivity index (χ1v) is 9.87. The lowest BCUT2D eigenvalue weighted by Gasteiger charge is -2.11. The minimum Gasteiger partial charge on any atom is -0.377 e. The highest BCUT2D eigenvalue weighted by molar-refractivity contribution is 5.85. The van der Waals surface area contributed by atoms with Gasteiger partial charge in [0.2, 0.25) is 5.91 Å². The number of halogens is 2. The number of nitrogens with zero attached hydrogens (tertiary/aromatic N) is 2. The summed E-state index contributed by atoms with van der Waals surface area (Å²) in [7, 11) is 0. The number of nitrogens with two attached hydrogens (primary N) is 1. The van der Waals surface area contributed by atoms with Crippen molar-refractivity contribution < 1.29 is 9.53 Å². The Labute approximate surface area is 196 Å². The van der Waals surface area contributed by atoms with Crippen molar-refractivity contribution in [1.29, 1.82) is 0 Å². The zero-order chi connectivity index (χ0) is 20.5. The van der Waals surface area contributed by atoms with Gasteiger partial charge in [0.15, 0.2) is 0 Å². The number of ether oxygens (including phenoxy) is 1. The summed E-state index contributed by atoms with van der Waals surface area (Å²) in [5.74, 6) is -0.180. The van der Waals surface area contributed by atoms with Crippen molar-refractivity contribution in [2.24, 2.45) is 5.73 Å². The summed E-state index contributed by atoms with van der Waals surface area (Å²) < 4.78 is 7.39. The summed E-state index contributed by atoms with van der Waals surface area (Å²) in [5, 5.41) is 2.90. The molecule has 6 nitrogen and oxygen atoms in total. The van der Waals surface area contributed by atoms with Crippen LogP contribution in [-0.4, -0.2) is 28.1 Å². The fourth-order valence-corrected chi connectivity index (χ4v) is 3.00. The molecule has 1 amide bonds. The summed E-state index contributed by atoms with van der Waals surface area (Å²) in [4.78, 5) is 16.7. The third-order valence-electron chi connectivity index (χ3n) is 4.62. The van der Waals surface area contributed by atoms with Crippen LogP contribution in [0.25, 0.3) is 0 Å². The molecule has 0 fully saturated rings. The smallest absolute Gasteiger partial charge is 0.237 e. The maximum Gasteiger partial charge on any atom is 0.237 e. The van der Waals surface area contributed by atoms with Crippen molar-refractivity contribution in [2.75, 3.05) is 6.61 Å². The van der Waals surface area contributed by atoms with Crippen LogP contribution >= 0.6 is 24.8 Å². The second-order valence-electron chi connectivity index (χ2n) is 7.00. The van der Waals surface area contributed by atoms with Gasteiger partial charge in [-0.2, -0.15) is 0 Å². The summed E-state index contributed by atoms with van der Waals surface area (Å²) in [6, 6.07) is 17.5. The van der Waals surface area contributed by atoms with Gasteiger partial charge in [-0.05, 0) is 23.6 Å². The first kappa shape index (κ1) is 26.7. The Balaban J connectivity index is 0.00000240. The van der Waals surface area contributed by atoms with Gasteiger partial charge in [-0.25, -0.2) is 4.98 Å². The van der Waals surface area contributed by atoms with E-state index < -0.39 is 6.04 Å². The normalized spacial score (nSPS) is 11.2. The van der Waals surface area contributed by atoms with Crippen molar-refractivity contribution in [3.05, 3.63) is 89.5 Å². The van der Waals surface area contributed by atoms with Crippen LogP contribution in [-0.2, 0) is 35.6 Å². The van der Waals surface area contributed by atoms with Crippen LogP contribution in [0.3, 0.4) is 0 Å². The Morgan fingerprint density at radius 3 is 2.42 bits per heavy atom. The van der Waals surface area contributed by atoms with E-state index >= 15 is 0 Å². The van der Waals surface area contributed by atoms with E-state index in [1.807, 2.05) is 60.2 Å². The maximum absolute atomic E-state index is 12.3. The third-order valence-corrected chi connectivity index (χ3v) is 4.62. The highest BCUT2D eigenvalue weighted by Gasteiger charge is 2.15. The lowest BCUT2D eigenvalue weighted by Crippen LogP contribution is -2.41. The highest BCUT2D eigenvalue weighted by atomic mass is 35.5. The Bertz CT molecular complexity index is 901. The van der Waals surface area contributed by atoms with Crippen LogP contribution in [0.4, 0.5) is 0 Å². The Morgan fingerprint density at radius 1 is 1.06 bits per heavy atom. The van der Waals surface area contributed by atoms with E-state index in [0.717, 1.165) is 23.4 Å². The van der Waals surface area contributed by atoms with Crippen LogP contribution in [0.1, 0.15) is 29.3 Å². The lowest BCUT2D eigenvalue weighted by atomic mass is 10.1. The summed E-state index contributed by atoms with van der Waals surface area (Å²) in [5.41, 5.74) is 10.2. The lowest BCUT2D eigenvalue weighted by molar-refractivity contribution is -0.122. The first-order valence-electron chi connectivity index (χ1n) is 9.87. The largest absolute Gasteiger partial charge is 0.377 e. The number of nitrogens with one attached hydrogen (secondary N) is 1. The summed E-state index contributed by atoms with van der Waals surface area (Å²) in [6.45, 7) is 4.46. The zero-order valence-electron chi connectivity index (χ0n) is 17.6. The third kappa shape index (κ3) is 8.71. The Morgan fingerprint density at radius 2 is 1.74 bits per heavy atom. The molecule has 3 aromatic rings. The highest BCUT2D eigenvalue weighted by Crippen LogP contribution is 2.07. The molecule has 0 bridgehead atoms. The van der Waals surface area contributed by atoms with Crippen molar-refractivity contribution >= 4 is 30.7 Å². The molecule has 3 N–H and O–H groups in total. The maximum atomic E-state index is 12.3. The molecular weight excluding hydrogens is 435 g/mol. The molecule has 0 spiro atoms. The van der Waals surface area contributed by atoms with Gasteiger partial charge in [0.25, 0.3) is 0 Å². The predicted octanol–water partition coefficient (Wildman–Crippen LogP) is 3.50. The molecular formula is C23H30Cl2N4O2. The Kier molecular flexibility index (Phi) is 11.9. The number of aromatic nitrogens is 2. The van der Waals surface area contributed by atoms with Gasteiger partial charge in [0, 0.05) is 32.3 Å². The molecule has 1 atom stereocenters. The van der Waals surface area contributed by atoms with Crippen LogP contribution in [0.15, 0.2) is 67.1 Å².